The highest BCUT2D eigenvalue weighted by Gasteiger charge is 2.32. The van der Waals surface area contributed by atoms with Crippen LogP contribution in [-0.2, 0) is 22.7 Å². The highest BCUT2D eigenvalue weighted by molar-refractivity contribution is 7.90. The largest absolute Gasteiger partial charge is 0.495 e. The number of pyridine rings is 3. The van der Waals surface area contributed by atoms with Gasteiger partial charge in [0.2, 0.25) is 5.95 Å². The third-order valence-electron chi connectivity index (χ3n) is 6.21. The van der Waals surface area contributed by atoms with Crippen LogP contribution in [0.15, 0.2) is 84.1 Å². The number of hydrogen-bond donors (Lipinski definition) is 2. The van der Waals surface area contributed by atoms with Gasteiger partial charge in [-0.3, -0.25) is 4.98 Å². The molecule has 0 bridgehead atoms. The second kappa shape index (κ2) is 10.8. The Labute approximate surface area is 231 Å². The Bertz CT molecular complexity index is 1810. The summed E-state index contributed by atoms with van der Waals surface area (Å²) in [4.78, 5) is 11.4. The Hall–Kier alpha value is -4.56. The molecule has 0 fully saturated rings. The van der Waals surface area contributed by atoms with E-state index in [2.05, 4.69) is 20.3 Å². The Morgan fingerprint density at radius 3 is 2.41 bits per heavy atom. The van der Waals surface area contributed by atoms with Crippen molar-refractivity contribution in [2.45, 2.75) is 23.7 Å². The van der Waals surface area contributed by atoms with Crippen molar-refractivity contribution in [2.75, 3.05) is 12.4 Å². The van der Waals surface area contributed by atoms with Crippen molar-refractivity contribution >= 4 is 26.9 Å². The number of ether oxygens (including phenoxy) is 1. The summed E-state index contributed by atoms with van der Waals surface area (Å²) in [7, 11) is -2.73. The number of aromatic nitrogens is 4. The first-order valence-corrected chi connectivity index (χ1v) is 13.4. The molecule has 212 valence electrons. The summed E-state index contributed by atoms with van der Waals surface area (Å²) in [5.41, 5.74) is -0.831. The van der Waals surface area contributed by atoms with Crippen LogP contribution in [0.25, 0.3) is 11.0 Å². The van der Waals surface area contributed by atoms with E-state index in [9.17, 15) is 26.7 Å². The van der Waals surface area contributed by atoms with Gasteiger partial charge in [0.15, 0.2) is 5.65 Å². The molecule has 1 aromatic carbocycles. The quantitative estimate of drug-likeness (QED) is 0.194. The van der Waals surface area contributed by atoms with Gasteiger partial charge in [-0.05, 0) is 42.0 Å². The zero-order valence-corrected chi connectivity index (χ0v) is 22.0. The third-order valence-corrected chi connectivity index (χ3v) is 7.87. The SMILES string of the molecule is COc1cnc2c(c1)c(C(O)c1ccc(NCc3ccc(C(F)(F)F)nc3)nc1F)cn2S(=O)(=O)c1ccccc1. The first-order chi connectivity index (χ1) is 19.5. The molecule has 4 heterocycles. The molecule has 0 saturated carbocycles. The number of hydrogen-bond acceptors (Lipinski definition) is 8. The van der Waals surface area contributed by atoms with Gasteiger partial charge in [0.25, 0.3) is 10.0 Å². The minimum Gasteiger partial charge on any atom is -0.495 e. The number of aliphatic hydroxyl groups excluding tert-OH is 1. The summed E-state index contributed by atoms with van der Waals surface area (Å²) < 4.78 is 86.2. The first-order valence-electron chi connectivity index (χ1n) is 11.9. The molecule has 2 N–H and O–H groups in total. The minimum atomic E-state index is -4.56. The van der Waals surface area contributed by atoms with Crippen LogP contribution >= 0.6 is 0 Å². The van der Waals surface area contributed by atoms with Gasteiger partial charge in [0.1, 0.15) is 23.4 Å². The zero-order chi connectivity index (χ0) is 29.4. The molecule has 5 rings (SSSR count). The number of methoxy groups -OCH3 is 1. The number of nitrogens with zero attached hydrogens (tertiary/aromatic N) is 4. The van der Waals surface area contributed by atoms with Gasteiger partial charge in [0, 0.05) is 35.5 Å². The van der Waals surface area contributed by atoms with Crippen LogP contribution in [0.4, 0.5) is 23.4 Å². The predicted molar refractivity (Wildman–Crippen MR) is 140 cm³/mol. The van der Waals surface area contributed by atoms with Crippen molar-refractivity contribution in [1.29, 1.82) is 0 Å². The maximum atomic E-state index is 15.1. The summed E-state index contributed by atoms with van der Waals surface area (Å²) in [6.07, 6.45) is -2.66. The second-order valence-electron chi connectivity index (χ2n) is 8.83. The molecule has 0 aliphatic rings. The van der Waals surface area contributed by atoms with Crippen LogP contribution in [0.5, 0.6) is 5.75 Å². The van der Waals surface area contributed by atoms with Crippen LogP contribution in [0.1, 0.15) is 28.5 Å². The molecule has 14 heteroatoms. The fourth-order valence-electron chi connectivity index (χ4n) is 4.11. The number of rotatable bonds is 8. The fraction of sp³-hybridized carbons (Fsp3) is 0.148. The topological polar surface area (TPSA) is 119 Å². The summed E-state index contributed by atoms with van der Waals surface area (Å²) in [6.45, 7) is 0.00970. The van der Waals surface area contributed by atoms with Crippen LogP contribution in [0.3, 0.4) is 0 Å². The maximum Gasteiger partial charge on any atom is 0.433 e. The lowest BCUT2D eigenvalue weighted by atomic mass is 10.0. The van der Waals surface area contributed by atoms with Crippen molar-refractivity contribution in [1.82, 2.24) is 18.9 Å². The van der Waals surface area contributed by atoms with Crippen molar-refractivity contribution < 1.29 is 35.8 Å². The minimum absolute atomic E-state index is 0.000471. The van der Waals surface area contributed by atoms with E-state index in [0.29, 0.717) is 5.56 Å². The lowest BCUT2D eigenvalue weighted by molar-refractivity contribution is -0.141. The number of aliphatic hydroxyl groups is 1. The van der Waals surface area contributed by atoms with Gasteiger partial charge in [-0.25, -0.2) is 22.4 Å². The van der Waals surface area contributed by atoms with Crippen molar-refractivity contribution in [3.8, 4) is 5.75 Å². The highest BCUT2D eigenvalue weighted by atomic mass is 32.2. The van der Waals surface area contributed by atoms with E-state index in [1.807, 2.05) is 0 Å². The van der Waals surface area contributed by atoms with Crippen molar-refractivity contribution in [2.24, 2.45) is 0 Å². The standard InChI is InChI=1S/C27H21F4N5O4S/c1-40-17-11-20-21(15-36(26(20)34-14-17)41(38,39)18-5-3-2-4-6-18)24(37)19-8-10-23(35-25(19)28)33-13-16-7-9-22(32-12-16)27(29,30)31/h2-12,14-15,24,37H,13H2,1H3,(H,33,35). The van der Waals surface area contributed by atoms with E-state index in [0.717, 1.165) is 16.2 Å². The molecule has 41 heavy (non-hydrogen) atoms. The summed E-state index contributed by atoms with van der Waals surface area (Å²) in [6, 6.07) is 13.8. The van der Waals surface area contributed by atoms with Crippen molar-refractivity contribution in [3.63, 3.8) is 0 Å². The molecular weight excluding hydrogens is 566 g/mol. The number of fused-ring (bicyclic) bond motifs is 1. The Kier molecular flexibility index (Phi) is 7.36. The maximum absolute atomic E-state index is 15.1. The highest BCUT2D eigenvalue weighted by Crippen LogP contribution is 2.35. The van der Waals surface area contributed by atoms with E-state index in [1.165, 1.54) is 55.9 Å². The van der Waals surface area contributed by atoms with E-state index in [4.69, 9.17) is 4.74 Å². The first kappa shape index (κ1) is 28.0. The zero-order valence-electron chi connectivity index (χ0n) is 21.2. The third kappa shape index (κ3) is 5.56. The van der Waals surface area contributed by atoms with Gasteiger partial charge < -0.3 is 15.2 Å². The van der Waals surface area contributed by atoms with Crippen LogP contribution < -0.4 is 10.1 Å². The second-order valence-corrected chi connectivity index (χ2v) is 10.6. The Balaban J connectivity index is 1.45. The number of benzene rings is 1. The lowest BCUT2D eigenvalue weighted by Crippen LogP contribution is -2.12. The number of halogens is 4. The molecule has 1 unspecified atom stereocenters. The Morgan fingerprint density at radius 2 is 1.78 bits per heavy atom. The van der Waals surface area contributed by atoms with Crippen molar-refractivity contribution in [3.05, 3.63) is 108 Å². The number of anilines is 1. The molecule has 0 amide bonds. The predicted octanol–water partition coefficient (Wildman–Crippen LogP) is 4.92. The monoisotopic (exact) mass is 587 g/mol. The van der Waals surface area contributed by atoms with Crippen LogP contribution in [-0.4, -0.2) is 39.6 Å². The van der Waals surface area contributed by atoms with E-state index < -0.39 is 33.9 Å². The number of nitrogens with one attached hydrogen (secondary N) is 1. The molecule has 9 nitrogen and oxygen atoms in total. The van der Waals surface area contributed by atoms with Gasteiger partial charge >= 0.3 is 6.18 Å². The summed E-state index contributed by atoms with van der Waals surface area (Å²) in [5.74, 6) is -0.705. The van der Waals surface area contributed by atoms with Gasteiger partial charge in [-0.15, -0.1) is 0 Å². The smallest absolute Gasteiger partial charge is 0.433 e. The summed E-state index contributed by atoms with van der Waals surface area (Å²) >= 11 is 0. The van der Waals surface area contributed by atoms with E-state index in [1.54, 1.807) is 18.2 Å². The average molecular weight is 588 g/mol. The van der Waals surface area contributed by atoms with E-state index in [-0.39, 0.29) is 45.2 Å². The van der Waals surface area contributed by atoms with Crippen LogP contribution in [0, 0.1) is 5.95 Å². The van der Waals surface area contributed by atoms with E-state index >= 15 is 4.39 Å². The molecule has 0 aliphatic heterocycles. The molecular formula is C27H21F4N5O4S. The van der Waals surface area contributed by atoms with Gasteiger partial charge in [-0.1, -0.05) is 24.3 Å². The molecule has 4 aromatic heterocycles. The fourth-order valence-corrected chi connectivity index (χ4v) is 5.46. The number of alkyl halides is 3. The summed E-state index contributed by atoms with van der Waals surface area (Å²) in [5, 5.41) is 14.2. The van der Waals surface area contributed by atoms with Gasteiger partial charge in [-0.2, -0.15) is 17.6 Å². The molecule has 0 saturated heterocycles. The molecule has 0 aliphatic carbocycles. The van der Waals surface area contributed by atoms with Gasteiger partial charge in [0.05, 0.1) is 18.2 Å². The average Bonchev–Trinajstić information content (AvgIpc) is 3.36. The molecule has 0 spiro atoms. The Morgan fingerprint density at radius 1 is 1.02 bits per heavy atom. The normalized spacial score (nSPS) is 12.8. The molecule has 1 atom stereocenters. The lowest BCUT2D eigenvalue weighted by Gasteiger charge is -2.13. The molecule has 0 radical (unpaired) electrons. The van der Waals surface area contributed by atoms with Crippen LogP contribution in [0.2, 0.25) is 0 Å². The molecule has 5 aromatic rings.